The molecule has 32 heavy (non-hydrogen) atoms. The number of nitrogens with one attached hydrogen (secondary N) is 1. The van der Waals surface area contributed by atoms with E-state index < -0.39 is 11.5 Å². The van der Waals surface area contributed by atoms with Gasteiger partial charge in [0.15, 0.2) is 0 Å². The zero-order valence-corrected chi connectivity index (χ0v) is 20.5. The molecule has 0 aromatic heterocycles. The van der Waals surface area contributed by atoms with Gasteiger partial charge in [-0.2, -0.15) is 0 Å². The van der Waals surface area contributed by atoms with Crippen molar-refractivity contribution in [1.29, 1.82) is 0 Å². The Morgan fingerprint density at radius 1 is 1.16 bits per heavy atom. The van der Waals surface area contributed by atoms with Crippen LogP contribution in [0.5, 0.6) is 5.75 Å². The smallest absolute Gasteiger partial charge is 0.247 e. The van der Waals surface area contributed by atoms with Gasteiger partial charge in [-0.05, 0) is 73.2 Å². The summed E-state index contributed by atoms with van der Waals surface area (Å²) in [5.41, 5.74) is 11.0. The number of fused-ring (bicyclic) bond motifs is 1. The Morgan fingerprint density at radius 2 is 1.81 bits per heavy atom. The number of phenols is 1. The molecule has 1 atom stereocenters. The maximum atomic E-state index is 13.4. The lowest BCUT2D eigenvalue weighted by Crippen LogP contribution is -2.54. The second-order valence-corrected chi connectivity index (χ2v) is 9.25. The highest BCUT2D eigenvalue weighted by molar-refractivity contribution is 5.99. The van der Waals surface area contributed by atoms with Crippen molar-refractivity contribution in [2.75, 3.05) is 11.1 Å². The van der Waals surface area contributed by atoms with E-state index in [9.17, 15) is 14.7 Å². The molecule has 2 aromatic carbocycles. The summed E-state index contributed by atoms with van der Waals surface area (Å²) < 4.78 is 0. The minimum Gasteiger partial charge on any atom is -0.507 e. The van der Waals surface area contributed by atoms with Gasteiger partial charge in [-0.3, -0.25) is 9.59 Å². The highest BCUT2D eigenvalue weighted by atomic mass is 35.5. The van der Waals surface area contributed by atoms with Crippen molar-refractivity contribution >= 4 is 35.6 Å². The summed E-state index contributed by atoms with van der Waals surface area (Å²) in [6, 6.07) is 6.81. The number of phenolic OH excluding ortho intramolecular Hbond substituents is 1. The van der Waals surface area contributed by atoms with Crippen molar-refractivity contribution in [3.05, 3.63) is 52.1 Å². The van der Waals surface area contributed by atoms with Gasteiger partial charge in [0.1, 0.15) is 11.8 Å². The summed E-state index contributed by atoms with van der Waals surface area (Å²) in [6.45, 7) is 11.7. The molecule has 0 fully saturated rings. The van der Waals surface area contributed by atoms with Gasteiger partial charge >= 0.3 is 0 Å². The van der Waals surface area contributed by atoms with E-state index in [4.69, 9.17) is 5.73 Å². The van der Waals surface area contributed by atoms with Crippen LogP contribution >= 0.6 is 12.4 Å². The third-order valence-corrected chi connectivity index (χ3v) is 6.70. The lowest BCUT2D eigenvalue weighted by Gasteiger charge is -2.40. The summed E-state index contributed by atoms with van der Waals surface area (Å²) in [5.74, 6) is -0.0329. The first kappa shape index (κ1) is 25.5. The van der Waals surface area contributed by atoms with Crippen LogP contribution in [0.2, 0.25) is 0 Å². The van der Waals surface area contributed by atoms with Crippen LogP contribution in [0.15, 0.2) is 24.3 Å². The molecule has 0 spiro atoms. The van der Waals surface area contributed by atoms with Gasteiger partial charge in [0.05, 0.1) is 0 Å². The molecule has 1 aliphatic heterocycles. The van der Waals surface area contributed by atoms with Crippen LogP contribution in [0, 0.1) is 26.2 Å². The summed E-state index contributed by atoms with van der Waals surface area (Å²) in [6.07, 6.45) is 1.11. The number of amides is 2. The molecule has 0 saturated carbocycles. The molecule has 1 heterocycles. The fourth-order valence-electron chi connectivity index (χ4n) is 4.01. The molecule has 1 aliphatic rings. The number of benzene rings is 2. The summed E-state index contributed by atoms with van der Waals surface area (Å²) in [4.78, 5) is 28.5. The highest BCUT2D eigenvalue weighted by Crippen LogP contribution is 2.33. The summed E-state index contributed by atoms with van der Waals surface area (Å²) in [5, 5.41) is 13.2. The average molecular weight is 460 g/mol. The number of aromatic hydroxyl groups is 1. The van der Waals surface area contributed by atoms with Crippen molar-refractivity contribution in [3.8, 4) is 5.75 Å². The number of hydrogen-bond donors (Lipinski definition) is 3. The van der Waals surface area contributed by atoms with Crippen LogP contribution in [0.25, 0.3) is 0 Å². The molecule has 174 valence electrons. The molecule has 4 N–H and O–H groups in total. The lowest BCUT2D eigenvalue weighted by molar-refractivity contribution is -0.147. The maximum Gasteiger partial charge on any atom is 0.247 e. The minimum atomic E-state index is -0.622. The van der Waals surface area contributed by atoms with E-state index in [0.717, 1.165) is 22.3 Å². The van der Waals surface area contributed by atoms with Crippen molar-refractivity contribution in [3.63, 3.8) is 0 Å². The van der Waals surface area contributed by atoms with Gasteiger partial charge in [-0.1, -0.05) is 26.8 Å². The van der Waals surface area contributed by atoms with Crippen LogP contribution in [-0.2, 0) is 22.6 Å². The van der Waals surface area contributed by atoms with E-state index in [0.29, 0.717) is 36.3 Å². The van der Waals surface area contributed by atoms with E-state index in [1.807, 2.05) is 52.8 Å². The number of nitrogens with zero attached hydrogens (tertiary/aromatic N) is 1. The quantitative estimate of drug-likeness (QED) is 0.458. The Morgan fingerprint density at radius 3 is 2.44 bits per heavy atom. The van der Waals surface area contributed by atoms with Crippen molar-refractivity contribution in [2.24, 2.45) is 5.41 Å². The van der Waals surface area contributed by atoms with Gasteiger partial charge < -0.3 is 21.1 Å². The Labute approximate surface area is 196 Å². The Kier molecular flexibility index (Phi) is 7.51. The van der Waals surface area contributed by atoms with Crippen LogP contribution in [0.1, 0.15) is 55.0 Å². The molecule has 0 bridgehead atoms. The topological polar surface area (TPSA) is 95.7 Å². The SMILES string of the molecule is CCC(C)(C)C(=O)N1Cc2cc(N)ccc2C[C@H]1C(=O)Nc1cc(C)c(O)c(C)c1C.Cl. The first-order valence-electron chi connectivity index (χ1n) is 10.7. The fourth-order valence-corrected chi connectivity index (χ4v) is 4.01. The van der Waals surface area contributed by atoms with Gasteiger partial charge in [-0.25, -0.2) is 0 Å². The van der Waals surface area contributed by atoms with E-state index in [1.54, 1.807) is 17.9 Å². The molecule has 3 rings (SSSR count). The molecular weight excluding hydrogens is 426 g/mol. The molecule has 7 heteroatoms. The molecular formula is C25H34ClN3O3. The number of nitrogens with two attached hydrogens (primary N) is 1. The Bertz CT molecular complexity index is 1050. The van der Waals surface area contributed by atoms with Gasteiger partial charge in [0, 0.05) is 29.8 Å². The molecule has 2 amide bonds. The van der Waals surface area contributed by atoms with E-state index >= 15 is 0 Å². The predicted octanol–water partition coefficient (Wildman–Crippen LogP) is 4.65. The van der Waals surface area contributed by atoms with Gasteiger partial charge in [-0.15, -0.1) is 12.4 Å². The number of carbonyl (C=O) groups excluding carboxylic acids is 2. The van der Waals surface area contributed by atoms with Gasteiger partial charge in [0.2, 0.25) is 11.8 Å². The van der Waals surface area contributed by atoms with E-state index in [1.165, 1.54) is 0 Å². The van der Waals surface area contributed by atoms with Crippen LogP contribution in [-0.4, -0.2) is 27.9 Å². The van der Waals surface area contributed by atoms with Crippen LogP contribution in [0.4, 0.5) is 11.4 Å². The molecule has 0 aliphatic carbocycles. The second kappa shape index (κ2) is 9.41. The second-order valence-electron chi connectivity index (χ2n) is 9.25. The lowest BCUT2D eigenvalue weighted by atomic mass is 9.85. The first-order chi connectivity index (χ1) is 14.5. The number of nitrogen functional groups attached to an aromatic ring is 1. The number of carbonyl (C=O) groups is 2. The number of aryl methyl sites for hydroxylation is 1. The molecule has 6 nitrogen and oxygen atoms in total. The standard InChI is InChI=1S/C25H33N3O3.ClH/c1-7-25(5,6)24(31)28-13-18-11-19(26)9-8-17(18)12-21(28)23(30)27-20-10-14(2)22(29)16(4)15(20)3;/h8-11,21,29H,7,12-13,26H2,1-6H3,(H,27,30);1H/t21-;/m0./s1. The molecule has 0 unspecified atom stereocenters. The molecule has 0 radical (unpaired) electrons. The number of halogens is 1. The van der Waals surface area contributed by atoms with E-state index in [-0.39, 0.29) is 30.0 Å². The van der Waals surface area contributed by atoms with E-state index in [2.05, 4.69) is 5.32 Å². The van der Waals surface area contributed by atoms with Gasteiger partial charge in [0.25, 0.3) is 0 Å². The van der Waals surface area contributed by atoms with Crippen molar-refractivity contribution in [2.45, 2.75) is 67.0 Å². The third kappa shape index (κ3) is 4.70. The zero-order valence-electron chi connectivity index (χ0n) is 19.7. The third-order valence-electron chi connectivity index (χ3n) is 6.70. The van der Waals surface area contributed by atoms with Crippen molar-refractivity contribution < 1.29 is 14.7 Å². The predicted molar refractivity (Wildman–Crippen MR) is 131 cm³/mol. The number of rotatable bonds is 4. The fraction of sp³-hybridized carbons (Fsp3) is 0.440. The number of anilines is 2. The first-order valence-corrected chi connectivity index (χ1v) is 10.7. The summed E-state index contributed by atoms with van der Waals surface area (Å²) in [7, 11) is 0. The number of hydrogen-bond acceptors (Lipinski definition) is 4. The average Bonchev–Trinajstić information content (AvgIpc) is 2.74. The Balaban J connectivity index is 0.00000363. The normalized spacial score (nSPS) is 15.6. The molecule has 0 saturated heterocycles. The Hall–Kier alpha value is -2.73. The zero-order chi connectivity index (χ0) is 23.1. The minimum absolute atomic E-state index is 0. The van der Waals surface area contributed by atoms with Crippen LogP contribution < -0.4 is 11.1 Å². The largest absolute Gasteiger partial charge is 0.507 e. The maximum absolute atomic E-state index is 13.4. The monoisotopic (exact) mass is 459 g/mol. The summed E-state index contributed by atoms with van der Waals surface area (Å²) >= 11 is 0. The van der Waals surface area contributed by atoms with Crippen molar-refractivity contribution in [1.82, 2.24) is 4.90 Å². The molecule has 2 aromatic rings. The van der Waals surface area contributed by atoms with Crippen LogP contribution in [0.3, 0.4) is 0 Å². The highest BCUT2D eigenvalue weighted by Gasteiger charge is 2.40.